The second kappa shape index (κ2) is 7.08. The van der Waals surface area contributed by atoms with Crippen LogP contribution >= 0.6 is 0 Å². The molecule has 1 heterocycles. The van der Waals surface area contributed by atoms with E-state index in [1.54, 1.807) is 37.4 Å². The standard InChI is InChI=1S/C23H18O4/c1-26-18-9-5-8-16(12-18)22-14-20(24)19-13-17(10-11-21(19)27-22)23(25)15-6-3-2-4-7-15/h2-13,22H,14H2,1H3. The Hall–Kier alpha value is -3.40. The predicted octanol–water partition coefficient (Wildman–Crippen LogP) is 4.63. The van der Waals surface area contributed by atoms with E-state index in [9.17, 15) is 9.59 Å². The third-order valence-electron chi connectivity index (χ3n) is 4.68. The van der Waals surface area contributed by atoms with Crippen molar-refractivity contribution in [2.45, 2.75) is 12.5 Å². The zero-order valence-electron chi connectivity index (χ0n) is 14.8. The van der Waals surface area contributed by atoms with Gasteiger partial charge in [0.05, 0.1) is 19.1 Å². The van der Waals surface area contributed by atoms with Gasteiger partial charge in [-0.3, -0.25) is 9.59 Å². The van der Waals surface area contributed by atoms with Crippen LogP contribution in [0, 0.1) is 0 Å². The molecule has 134 valence electrons. The van der Waals surface area contributed by atoms with Crippen LogP contribution in [-0.2, 0) is 0 Å². The van der Waals surface area contributed by atoms with E-state index >= 15 is 0 Å². The summed E-state index contributed by atoms with van der Waals surface area (Å²) in [7, 11) is 1.60. The number of hydrogen-bond acceptors (Lipinski definition) is 4. The summed E-state index contributed by atoms with van der Waals surface area (Å²) in [5.74, 6) is 1.08. The highest BCUT2D eigenvalue weighted by Crippen LogP contribution is 2.36. The quantitative estimate of drug-likeness (QED) is 0.638. The van der Waals surface area contributed by atoms with Crippen molar-refractivity contribution < 1.29 is 19.1 Å². The summed E-state index contributed by atoms with van der Waals surface area (Å²) in [4.78, 5) is 25.3. The molecule has 1 atom stereocenters. The summed E-state index contributed by atoms with van der Waals surface area (Å²) in [5.41, 5.74) is 2.42. The van der Waals surface area contributed by atoms with Crippen LogP contribution in [-0.4, -0.2) is 18.7 Å². The van der Waals surface area contributed by atoms with E-state index in [0.29, 0.717) is 22.4 Å². The van der Waals surface area contributed by atoms with E-state index in [4.69, 9.17) is 9.47 Å². The molecule has 1 aliphatic heterocycles. The van der Waals surface area contributed by atoms with Crippen LogP contribution in [0.1, 0.15) is 44.4 Å². The van der Waals surface area contributed by atoms with Gasteiger partial charge in [0.1, 0.15) is 17.6 Å². The first kappa shape index (κ1) is 17.0. The minimum atomic E-state index is -0.365. The highest BCUT2D eigenvalue weighted by atomic mass is 16.5. The van der Waals surface area contributed by atoms with Crippen molar-refractivity contribution in [1.29, 1.82) is 0 Å². The molecule has 0 saturated heterocycles. The zero-order chi connectivity index (χ0) is 18.8. The summed E-state index contributed by atoms with van der Waals surface area (Å²) in [5, 5.41) is 0. The number of ether oxygens (including phenoxy) is 2. The second-order valence-corrected chi connectivity index (χ2v) is 6.42. The van der Waals surface area contributed by atoms with Gasteiger partial charge in [-0.2, -0.15) is 0 Å². The van der Waals surface area contributed by atoms with Crippen molar-refractivity contribution in [3.05, 3.63) is 95.1 Å². The molecule has 0 saturated carbocycles. The zero-order valence-corrected chi connectivity index (χ0v) is 14.8. The van der Waals surface area contributed by atoms with E-state index in [0.717, 1.165) is 11.3 Å². The van der Waals surface area contributed by atoms with E-state index in [1.165, 1.54) is 0 Å². The van der Waals surface area contributed by atoms with Crippen molar-refractivity contribution in [3.63, 3.8) is 0 Å². The van der Waals surface area contributed by atoms with E-state index in [1.807, 2.05) is 42.5 Å². The molecule has 0 amide bonds. The molecule has 0 bridgehead atoms. The van der Waals surface area contributed by atoms with Gasteiger partial charge in [0.2, 0.25) is 0 Å². The molecule has 4 rings (SSSR count). The number of carbonyl (C=O) groups excluding carboxylic acids is 2. The summed E-state index contributed by atoms with van der Waals surface area (Å²) in [6.45, 7) is 0. The molecular weight excluding hydrogens is 340 g/mol. The Bertz CT molecular complexity index is 1010. The first-order chi connectivity index (χ1) is 13.2. The van der Waals surface area contributed by atoms with Gasteiger partial charge in [-0.15, -0.1) is 0 Å². The lowest BCUT2D eigenvalue weighted by atomic mass is 9.93. The molecule has 4 nitrogen and oxygen atoms in total. The summed E-state index contributed by atoms with van der Waals surface area (Å²) in [6, 6.07) is 21.6. The third-order valence-corrected chi connectivity index (χ3v) is 4.68. The molecular formula is C23H18O4. The minimum Gasteiger partial charge on any atom is -0.497 e. The molecule has 4 heteroatoms. The van der Waals surface area contributed by atoms with E-state index in [2.05, 4.69) is 0 Å². The number of ketones is 2. The largest absolute Gasteiger partial charge is 0.497 e. The van der Waals surface area contributed by atoms with Crippen molar-refractivity contribution in [2.75, 3.05) is 7.11 Å². The summed E-state index contributed by atoms with van der Waals surface area (Å²) >= 11 is 0. The van der Waals surface area contributed by atoms with Gasteiger partial charge in [0.15, 0.2) is 11.6 Å². The predicted molar refractivity (Wildman–Crippen MR) is 102 cm³/mol. The van der Waals surface area contributed by atoms with Crippen LogP contribution in [0.5, 0.6) is 11.5 Å². The van der Waals surface area contributed by atoms with Gasteiger partial charge >= 0.3 is 0 Å². The van der Waals surface area contributed by atoms with Crippen LogP contribution in [0.25, 0.3) is 0 Å². The van der Waals surface area contributed by atoms with E-state index < -0.39 is 0 Å². The average Bonchev–Trinajstić information content (AvgIpc) is 2.73. The first-order valence-electron chi connectivity index (χ1n) is 8.73. The monoisotopic (exact) mass is 358 g/mol. The molecule has 3 aromatic rings. The fraction of sp³-hybridized carbons (Fsp3) is 0.130. The normalized spacial score (nSPS) is 15.6. The number of rotatable bonds is 4. The lowest BCUT2D eigenvalue weighted by Crippen LogP contribution is -2.21. The Labute approximate surface area is 157 Å². The van der Waals surface area contributed by atoms with Crippen LogP contribution in [0.15, 0.2) is 72.8 Å². The molecule has 0 spiro atoms. The Balaban J connectivity index is 1.63. The van der Waals surface area contributed by atoms with Crippen molar-refractivity contribution >= 4 is 11.6 Å². The van der Waals surface area contributed by atoms with Gasteiger partial charge in [0, 0.05) is 11.1 Å². The molecule has 1 unspecified atom stereocenters. The topological polar surface area (TPSA) is 52.6 Å². The van der Waals surface area contributed by atoms with Gasteiger partial charge in [-0.25, -0.2) is 0 Å². The fourth-order valence-corrected chi connectivity index (χ4v) is 3.25. The number of methoxy groups -OCH3 is 1. The number of fused-ring (bicyclic) bond motifs is 1. The van der Waals surface area contributed by atoms with Crippen LogP contribution < -0.4 is 9.47 Å². The van der Waals surface area contributed by atoms with Crippen LogP contribution in [0.4, 0.5) is 0 Å². The molecule has 1 aliphatic rings. The number of hydrogen-bond donors (Lipinski definition) is 0. The maximum absolute atomic E-state index is 12.7. The molecule has 0 aromatic heterocycles. The molecule has 0 radical (unpaired) electrons. The molecule has 0 aliphatic carbocycles. The van der Waals surface area contributed by atoms with Gasteiger partial charge < -0.3 is 9.47 Å². The molecule has 3 aromatic carbocycles. The first-order valence-corrected chi connectivity index (χ1v) is 8.73. The van der Waals surface area contributed by atoms with Gasteiger partial charge in [-0.1, -0.05) is 42.5 Å². The lowest BCUT2D eigenvalue weighted by molar-refractivity contribution is 0.0849. The molecule has 0 N–H and O–H groups in total. The lowest BCUT2D eigenvalue weighted by Gasteiger charge is -2.26. The van der Waals surface area contributed by atoms with Crippen LogP contribution in [0.3, 0.4) is 0 Å². The molecule has 27 heavy (non-hydrogen) atoms. The smallest absolute Gasteiger partial charge is 0.193 e. The SMILES string of the molecule is COc1cccc(C2CC(=O)c3cc(C(=O)c4ccccc4)ccc3O2)c1. The highest BCUT2D eigenvalue weighted by molar-refractivity contribution is 6.11. The van der Waals surface area contributed by atoms with Crippen molar-refractivity contribution in [2.24, 2.45) is 0 Å². The molecule has 0 fully saturated rings. The third kappa shape index (κ3) is 3.34. The van der Waals surface area contributed by atoms with Crippen molar-refractivity contribution in [3.8, 4) is 11.5 Å². The average molecular weight is 358 g/mol. The van der Waals surface area contributed by atoms with E-state index in [-0.39, 0.29) is 24.1 Å². The highest BCUT2D eigenvalue weighted by Gasteiger charge is 2.28. The maximum atomic E-state index is 12.7. The Kier molecular flexibility index (Phi) is 4.47. The summed E-state index contributed by atoms with van der Waals surface area (Å²) < 4.78 is 11.3. The number of Topliss-reactive ketones (excluding diaryl/α,β-unsaturated/α-hetero) is 1. The Morgan fingerprint density at radius 3 is 2.56 bits per heavy atom. The Morgan fingerprint density at radius 1 is 0.963 bits per heavy atom. The number of carbonyl (C=O) groups is 2. The Morgan fingerprint density at radius 2 is 1.78 bits per heavy atom. The minimum absolute atomic E-state index is 0.0354. The summed E-state index contributed by atoms with van der Waals surface area (Å²) in [6.07, 6.45) is -0.140. The van der Waals surface area contributed by atoms with Gasteiger partial charge in [-0.05, 0) is 35.9 Å². The number of benzene rings is 3. The fourth-order valence-electron chi connectivity index (χ4n) is 3.25. The second-order valence-electron chi connectivity index (χ2n) is 6.42. The van der Waals surface area contributed by atoms with Gasteiger partial charge in [0.25, 0.3) is 0 Å². The van der Waals surface area contributed by atoms with Crippen molar-refractivity contribution in [1.82, 2.24) is 0 Å². The maximum Gasteiger partial charge on any atom is 0.193 e. The van der Waals surface area contributed by atoms with Crippen LogP contribution in [0.2, 0.25) is 0 Å².